The Labute approximate surface area is 150 Å². The van der Waals surface area contributed by atoms with Crippen LogP contribution in [0, 0.1) is 0 Å². The van der Waals surface area contributed by atoms with Crippen LogP contribution >= 0.6 is 24.0 Å². The molecule has 1 unspecified atom stereocenters. The average Bonchev–Trinajstić information content (AvgIpc) is 2.50. The summed E-state index contributed by atoms with van der Waals surface area (Å²) < 4.78 is 0. The zero-order valence-corrected chi connectivity index (χ0v) is 16.1. The Bertz CT molecular complexity index is 462. The van der Waals surface area contributed by atoms with Crippen molar-refractivity contribution in [2.24, 2.45) is 4.99 Å². The van der Waals surface area contributed by atoms with Gasteiger partial charge in [0.05, 0.1) is 0 Å². The summed E-state index contributed by atoms with van der Waals surface area (Å²) in [7, 11) is 3.46. The number of halogens is 1. The van der Waals surface area contributed by atoms with Crippen molar-refractivity contribution in [3.05, 3.63) is 35.9 Å². The van der Waals surface area contributed by atoms with Crippen molar-refractivity contribution in [1.82, 2.24) is 15.5 Å². The van der Waals surface area contributed by atoms with Crippen LogP contribution in [0.5, 0.6) is 0 Å². The molecule has 124 valence electrons. The van der Waals surface area contributed by atoms with Gasteiger partial charge in [0.15, 0.2) is 5.96 Å². The second-order valence-electron chi connectivity index (χ2n) is 5.18. The van der Waals surface area contributed by atoms with Crippen molar-refractivity contribution < 1.29 is 4.79 Å². The fourth-order valence-electron chi connectivity index (χ4n) is 1.78. The number of amides is 1. The third-order valence-corrected chi connectivity index (χ3v) is 3.16. The zero-order chi connectivity index (χ0) is 15.7. The van der Waals surface area contributed by atoms with Gasteiger partial charge in [0.2, 0.25) is 5.91 Å². The quantitative estimate of drug-likeness (QED) is 0.423. The minimum atomic E-state index is -0.0108. The molecule has 0 aromatic heterocycles. The monoisotopic (exact) mass is 418 g/mol. The Morgan fingerprint density at radius 3 is 2.41 bits per heavy atom. The lowest BCUT2D eigenvalue weighted by molar-refractivity contribution is -0.127. The first-order valence-electron chi connectivity index (χ1n) is 7.31. The number of benzene rings is 1. The van der Waals surface area contributed by atoms with E-state index in [9.17, 15) is 4.79 Å². The number of carbonyl (C=O) groups excluding carboxylic acids is 1. The Kier molecular flexibility index (Phi) is 10.6. The standard InChI is InChI=1S/C16H26N4O.HI/c1-5-17-16(19-12-15(21)20(3)4)18-11-13(2)14-9-7-6-8-10-14;/h6-10,13H,5,11-12H2,1-4H3,(H2,17,18,19);1H. The van der Waals surface area contributed by atoms with Gasteiger partial charge in [-0.3, -0.25) is 4.79 Å². The van der Waals surface area contributed by atoms with E-state index in [0.29, 0.717) is 11.9 Å². The first-order chi connectivity index (χ1) is 10.0. The number of hydrogen-bond donors (Lipinski definition) is 2. The van der Waals surface area contributed by atoms with Crippen molar-refractivity contribution >= 4 is 35.8 Å². The molecule has 6 heteroatoms. The van der Waals surface area contributed by atoms with Gasteiger partial charge in [-0.15, -0.1) is 24.0 Å². The maximum Gasteiger partial charge on any atom is 0.243 e. The van der Waals surface area contributed by atoms with Crippen molar-refractivity contribution in [3.8, 4) is 0 Å². The number of likely N-dealkylation sites (N-methyl/N-ethyl adjacent to an activating group) is 1. The van der Waals surface area contributed by atoms with E-state index in [1.807, 2.05) is 25.1 Å². The molecular formula is C16H27IN4O. The highest BCUT2D eigenvalue weighted by atomic mass is 127. The van der Waals surface area contributed by atoms with E-state index in [1.165, 1.54) is 5.56 Å². The summed E-state index contributed by atoms with van der Waals surface area (Å²) in [5.41, 5.74) is 1.28. The molecule has 0 aliphatic carbocycles. The number of nitrogens with one attached hydrogen (secondary N) is 2. The molecule has 0 heterocycles. The van der Waals surface area contributed by atoms with Crippen LogP contribution in [-0.2, 0) is 4.79 Å². The van der Waals surface area contributed by atoms with Crippen LogP contribution < -0.4 is 10.6 Å². The molecular weight excluding hydrogens is 391 g/mol. The lowest BCUT2D eigenvalue weighted by Gasteiger charge is -2.16. The van der Waals surface area contributed by atoms with E-state index in [4.69, 9.17) is 0 Å². The SMILES string of the molecule is CCNC(=NCC(=O)N(C)C)NCC(C)c1ccccc1.I. The normalized spacial score (nSPS) is 12.1. The van der Waals surface area contributed by atoms with Crippen LogP contribution in [0.2, 0.25) is 0 Å². The van der Waals surface area contributed by atoms with Gasteiger partial charge < -0.3 is 15.5 Å². The van der Waals surface area contributed by atoms with E-state index < -0.39 is 0 Å². The van der Waals surface area contributed by atoms with Gasteiger partial charge in [0.1, 0.15) is 6.54 Å². The van der Waals surface area contributed by atoms with E-state index in [-0.39, 0.29) is 36.4 Å². The van der Waals surface area contributed by atoms with Crippen LogP contribution in [0.25, 0.3) is 0 Å². The number of guanidine groups is 1. The fraction of sp³-hybridized carbons (Fsp3) is 0.500. The van der Waals surface area contributed by atoms with Crippen molar-refractivity contribution in [2.45, 2.75) is 19.8 Å². The molecule has 1 amide bonds. The molecule has 0 aliphatic heterocycles. The number of nitrogens with zero attached hydrogens (tertiary/aromatic N) is 2. The predicted molar refractivity (Wildman–Crippen MR) is 103 cm³/mol. The Hall–Kier alpha value is -1.31. The maximum atomic E-state index is 11.6. The molecule has 1 rings (SSSR count). The number of carbonyl (C=O) groups is 1. The fourth-order valence-corrected chi connectivity index (χ4v) is 1.78. The van der Waals surface area contributed by atoms with E-state index in [0.717, 1.165) is 13.1 Å². The summed E-state index contributed by atoms with van der Waals surface area (Å²) in [6, 6.07) is 10.3. The van der Waals surface area contributed by atoms with Gasteiger partial charge in [0, 0.05) is 27.2 Å². The summed E-state index contributed by atoms with van der Waals surface area (Å²) in [6.45, 7) is 5.86. The van der Waals surface area contributed by atoms with E-state index in [2.05, 4.69) is 34.7 Å². The second kappa shape index (κ2) is 11.3. The van der Waals surface area contributed by atoms with Gasteiger partial charge >= 0.3 is 0 Å². The molecule has 0 bridgehead atoms. The molecule has 22 heavy (non-hydrogen) atoms. The molecule has 0 spiro atoms. The molecule has 0 saturated carbocycles. The minimum Gasteiger partial charge on any atom is -0.357 e. The first kappa shape index (κ1) is 20.7. The molecule has 0 saturated heterocycles. The van der Waals surface area contributed by atoms with Gasteiger partial charge in [-0.25, -0.2) is 4.99 Å². The average molecular weight is 418 g/mol. The van der Waals surface area contributed by atoms with Gasteiger partial charge in [-0.2, -0.15) is 0 Å². The molecule has 1 aromatic carbocycles. The molecule has 0 fully saturated rings. The van der Waals surface area contributed by atoms with E-state index >= 15 is 0 Å². The molecule has 5 nitrogen and oxygen atoms in total. The maximum absolute atomic E-state index is 11.6. The first-order valence-corrected chi connectivity index (χ1v) is 7.31. The van der Waals surface area contributed by atoms with Crippen LogP contribution in [0.3, 0.4) is 0 Å². The van der Waals surface area contributed by atoms with Crippen LogP contribution in [-0.4, -0.2) is 50.5 Å². The zero-order valence-electron chi connectivity index (χ0n) is 13.8. The highest BCUT2D eigenvalue weighted by Gasteiger charge is 2.07. The lowest BCUT2D eigenvalue weighted by atomic mass is 10.0. The van der Waals surface area contributed by atoms with Gasteiger partial charge in [-0.1, -0.05) is 37.3 Å². The van der Waals surface area contributed by atoms with Gasteiger partial charge in [-0.05, 0) is 18.4 Å². The summed E-state index contributed by atoms with van der Waals surface area (Å²) in [6.07, 6.45) is 0. The molecule has 1 aromatic rings. The highest BCUT2D eigenvalue weighted by molar-refractivity contribution is 14.0. The number of aliphatic imine (C=N–C) groups is 1. The topological polar surface area (TPSA) is 56.7 Å². The second-order valence-corrected chi connectivity index (χ2v) is 5.18. The van der Waals surface area contributed by atoms with Crippen molar-refractivity contribution in [1.29, 1.82) is 0 Å². The third-order valence-electron chi connectivity index (χ3n) is 3.16. The third kappa shape index (κ3) is 7.63. The Morgan fingerprint density at radius 2 is 1.86 bits per heavy atom. The van der Waals surface area contributed by atoms with Gasteiger partial charge in [0.25, 0.3) is 0 Å². The lowest BCUT2D eigenvalue weighted by Crippen LogP contribution is -2.40. The molecule has 1 atom stereocenters. The molecule has 2 N–H and O–H groups in total. The summed E-state index contributed by atoms with van der Waals surface area (Å²) >= 11 is 0. The largest absolute Gasteiger partial charge is 0.357 e. The number of hydrogen-bond acceptors (Lipinski definition) is 2. The minimum absolute atomic E-state index is 0. The Morgan fingerprint density at radius 1 is 1.23 bits per heavy atom. The van der Waals surface area contributed by atoms with Crippen LogP contribution in [0.1, 0.15) is 25.3 Å². The smallest absolute Gasteiger partial charge is 0.243 e. The predicted octanol–water partition coefficient (Wildman–Crippen LogP) is 2.05. The highest BCUT2D eigenvalue weighted by Crippen LogP contribution is 2.12. The molecule has 0 aliphatic rings. The Balaban J connectivity index is 0.00000441. The summed E-state index contributed by atoms with van der Waals surface area (Å²) in [5.74, 6) is 1.04. The van der Waals surface area contributed by atoms with E-state index in [1.54, 1.807) is 19.0 Å². The van der Waals surface area contributed by atoms with Crippen LogP contribution in [0.15, 0.2) is 35.3 Å². The van der Waals surface area contributed by atoms with Crippen molar-refractivity contribution in [2.75, 3.05) is 33.7 Å². The summed E-state index contributed by atoms with van der Waals surface area (Å²) in [5, 5.41) is 6.43. The summed E-state index contributed by atoms with van der Waals surface area (Å²) in [4.78, 5) is 17.4. The number of rotatable bonds is 6. The molecule has 0 radical (unpaired) electrons. The van der Waals surface area contributed by atoms with Crippen molar-refractivity contribution in [3.63, 3.8) is 0 Å². The van der Waals surface area contributed by atoms with Crippen LogP contribution in [0.4, 0.5) is 0 Å².